The number of amides is 2. The van der Waals surface area contributed by atoms with Crippen molar-refractivity contribution in [3.05, 3.63) is 0 Å². The van der Waals surface area contributed by atoms with E-state index in [1.807, 2.05) is 4.90 Å². The average molecular weight is 308 g/mol. The zero-order valence-corrected chi connectivity index (χ0v) is 13.5. The Bertz CT molecular complexity index is 473. The number of rotatable bonds is 3. The van der Waals surface area contributed by atoms with Crippen molar-refractivity contribution in [1.29, 1.82) is 0 Å². The Kier molecular flexibility index (Phi) is 3.25. The van der Waals surface area contributed by atoms with Crippen molar-refractivity contribution in [2.24, 2.45) is 0 Å². The second kappa shape index (κ2) is 4.90. The lowest BCUT2D eigenvalue weighted by molar-refractivity contribution is -0.145. The second-order valence-corrected chi connectivity index (χ2v) is 8.68. The van der Waals surface area contributed by atoms with E-state index in [0.717, 1.165) is 37.9 Å². The molecule has 5 heteroatoms. The zero-order valence-electron chi connectivity index (χ0n) is 12.7. The van der Waals surface area contributed by atoms with Crippen LogP contribution >= 0.6 is 11.8 Å². The highest BCUT2D eigenvalue weighted by Gasteiger charge is 2.55. The van der Waals surface area contributed by atoms with Crippen molar-refractivity contribution in [2.45, 2.75) is 81.3 Å². The molecule has 0 aromatic carbocycles. The molecule has 2 unspecified atom stereocenters. The average Bonchev–Trinajstić information content (AvgIpc) is 2.90. The third kappa shape index (κ3) is 2.19. The van der Waals surface area contributed by atoms with Gasteiger partial charge in [0, 0.05) is 24.3 Å². The Morgan fingerprint density at radius 1 is 1.24 bits per heavy atom. The van der Waals surface area contributed by atoms with Gasteiger partial charge in [0.15, 0.2) is 0 Å². The molecule has 4 rings (SSSR count). The summed E-state index contributed by atoms with van der Waals surface area (Å²) in [5.41, 5.74) is 0. The minimum absolute atomic E-state index is 0.123. The highest BCUT2D eigenvalue weighted by Crippen LogP contribution is 2.48. The van der Waals surface area contributed by atoms with Crippen LogP contribution in [0.2, 0.25) is 0 Å². The van der Waals surface area contributed by atoms with Gasteiger partial charge in [-0.25, -0.2) is 0 Å². The van der Waals surface area contributed by atoms with E-state index >= 15 is 0 Å². The molecule has 4 fully saturated rings. The molecule has 0 bridgehead atoms. The van der Waals surface area contributed by atoms with Crippen LogP contribution in [0.5, 0.6) is 0 Å². The van der Waals surface area contributed by atoms with Crippen LogP contribution in [0.25, 0.3) is 0 Å². The van der Waals surface area contributed by atoms with Crippen LogP contribution in [0, 0.1) is 0 Å². The Labute approximate surface area is 130 Å². The maximum atomic E-state index is 13.2. The predicted octanol–water partition coefficient (Wildman–Crippen LogP) is 2.37. The van der Waals surface area contributed by atoms with Gasteiger partial charge in [-0.1, -0.05) is 12.8 Å². The van der Waals surface area contributed by atoms with Crippen molar-refractivity contribution < 1.29 is 9.59 Å². The van der Waals surface area contributed by atoms with E-state index in [0.29, 0.717) is 18.5 Å². The Hall–Kier alpha value is -0.710. The first-order chi connectivity index (χ1) is 10.1. The molecule has 0 spiro atoms. The van der Waals surface area contributed by atoms with E-state index in [2.05, 4.69) is 11.8 Å². The fourth-order valence-corrected chi connectivity index (χ4v) is 5.79. The molecule has 0 aromatic rings. The largest absolute Gasteiger partial charge is 0.335 e. The van der Waals surface area contributed by atoms with Gasteiger partial charge < -0.3 is 9.80 Å². The van der Waals surface area contributed by atoms with Gasteiger partial charge in [-0.2, -0.15) is 0 Å². The molecule has 2 amide bonds. The molecule has 2 atom stereocenters. The van der Waals surface area contributed by atoms with Crippen molar-refractivity contribution in [3.8, 4) is 0 Å². The molecule has 4 aliphatic rings. The summed E-state index contributed by atoms with van der Waals surface area (Å²) in [7, 11) is 0. The Morgan fingerprint density at radius 3 is 2.57 bits per heavy atom. The maximum Gasteiger partial charge on any atom is 0.246 e. The molecule has 2 saturated heterocycles. The van der Waals surface area contributed by atoms with E-state index in [4.69, 9.17) is 0 Å². The van der Waals surface area contributed by atoms with Gasteiger partial charge in [-0.15, -0.1) is 11.8 Å². The van der Waals surface area contributed by atoms with Gasteiger partial charge in [-0.05, 0) is 39.0 Å². The minimum Gasteiger partial charge on any atom is -0.335 e. The lowest BCUT2D eigenvalue weighted by Gasteiger charge is -2.36. The first kappa shape index (κ1) is 13.9. The van der Waals surface area contributed by atoms with Gasteiger partial charge >= 0.3 is 0 Å². The lowest BCUT2D eigenvalue weighted by Crippen LogP contribution is -2.54. The molecule has 2 aliphatic heterocycles. The van der Waals surface area contributed by atoms with Crippen LogP contribution in [0.3, 0.4) is 0 Å². The standard InChI is InChI=1S/C16H24N2O2S/c1-16-9-8-14(19)18(16)13(10-21-16)15(20)17(12-6-7-12)11-4-2-3-5-11/h11-13H,2-10H2,1H3. The molecule has 4 nitrogen and oxygen atoms in total. The minimum atomic E-state index is -0.198. The number of carbonyl (C=O) groups is 2. The fourth-order valence-electron chi connectivity index (χ4n) is 4.37. The first-order valence-electron chi connectivity index (χ1n) is 8.38. The molecule has 116 valence electrons. The quantitative estimate of drug-likeness (QED) is 0.804. The summed E-state index contributed by atoms with van der Waals surface area (Å²) < 4.78 is 0. The topological polar surface area (TPSA) is 40.6 Å². The molecule has 2 aliphatic carbocycles. The van der Waals surface area contributed by atoms with Gasteiger partial charge in [0.05, 0.1) is 4.87 Å². The summed E-state index contributed by atoms with van der Waals surface area (Å²) in [5, 5.41) is 0. The second-order valence-electron chi connectivity index (χ2n) is 7.18. The van der Waals surface area contributed by atoms with Crippen molar-refractivity contribution in [1.82, 2.24) is 9.80 Å². The van der Waals surface area contributed by atoms with E-state index in [9.17, 15) is 9.59 Å². The zero-order chi connectivity index (χ0) is 14.6. The van der Waals surface area contributed by atoms with Gasteiger partial charge in [0.2, 0.25) is 11.8 Å². The molecule has 0 aromatic heterocycles. The van der Waals surface area contributed by atoms with Gasteiger partial charge in [-0.3, -0.25) is 9.59 Å². The van der Waals surface area contributed by atoms with E-state index in [-0.39, 0.29) is 22.7 Å². The van der Waals surface area contributed by atoms with E-state index in [1.54, 1.807) is 11.8 Å². The van der Waals surface area contributed by atoms with Crippen molar-refractivity contribution in [2.75, 3.05) is 5.75 Å². The number of carbonyl (C=O) groups excluding carboxylic acids is 2. The monoisotopic (exact) mass is 308 g/mol. The number of hydrogen-bond donors (Lipinski definition) is 0. The molecular weight excluding hydrogens is 284 g/mol. The molecule has 0 radical (unpaired) electrons. The number of fused-ring (bicyclic) bond motifs is 1. The molecule has 0 N–H and O–H groups in total. The molecular formula is C16H24N2O2S. The van der Waals surface area contributed by atoms with Crippen LogP contribution in [0.15, 0.2) is 0 Å². The SMILES string of the molecule is CC12CCC(=O)N1C(C(=O)N(C1CCCC1)C1CC1)CS2. The maximum absolute atomic E-state index is 13.2. The van der Waals surface area contributed by atoms with Gasteiger partial charge in [0.1, 0.15) is 6.04 Å². The summed E-state index contributed by atoms with van der Waals surface area (Å²) in [5.74, 6) is 1.22. The van der Waals surface area contributed by atoms with Crippen LogP contribution in [0.1, 0.15) is 58.3 Å². The summed E-state index contributed by atoms with van der Waals surface area (Å²) in [6.07, 6.45) is 8.65. The van der Waals surface area contributed by atoms with Crippen LogP contribution in [-0.4, -0.2) is 50.4 Å². The lowest BCUT2D eigenvalue weighted by atomic mass is 10.1. The fraction of sp³-hybridized carbons (Fsp3) is 0.875. The number of thioether (sulfide) groups is 1. The third-order valence-corrected chi connectivity index (χ3v) is 7.15. The summed E-state index contributed by atoms with van der Waals surface area (Å²) in [6, 6.07) is 0.714. The highest BCUT2D eigenvalue weighted by molar-refractivity contribution is 8.01. The molecule has 2 heterocycles. The summed E-state index contributed by atoms with van der Waals surface area (Å²) in [4.78, 5) is 29.4. The Balaban J connectivity index is 1.57. The van der Waals surface area contributed by atoms with E-state index in [1.165, 1.54) is 12.8 Å². The number of hydrogen-bond acceptors (Lipinski definition) is 3. The van der Waals surface area contributed by atoms with Crippen LogP contribution < -0.4 is 0 Å². The van der Waals surface area contributed by atoms with Crippen molar-refractivity contribution >= 4 is 23.6 Å². The van der Waals surface area contributed by atoms with Crippen LogP contribution in [-0.2, 0) is 9.59 Å². The predicted molar refractivity (Wildman–Crippen MR) is 82.9 cm³/mol. The molecule has 21 heavy (non-hydrogen) atoms. The highest BCUT2D eigenvalue weighted by atomic mass is 32.2. The smallest absolute Gasteiger partial charge is 0.246 e. The normalized spacial score (nSPS) is 36.3. The van der Waals surface area contributed by atoms with Crippen LogP contribution in [0.4, 0.5) is 0 Å². The third-order valence-electron chi connectivity index (χ3n) is 5.64. The molecule has 2 saturated carbocycles. The summed E-state index contributed by atoms with van der Waals surface area (Å²) in [6.45, 7) is 2.13. The van der Waals surface area contributed by atoms with E-state index < -0.39 is 0 Å². The number of nitrogens with zero attached hydrogens (tertiary/aromatic N) is 2. The van der Waals surface area contributed by atoms with Crippen molar-refractivity contribution in [3.63, 3.8) is 0 Å². The first-order valence-corrected chi connectivity index (χ1v) is 9.37. The summed E-state index contributed by atoms with van der Waals surface area (Å²) >= 11 is 1.81. The van der Waals surface area contributed by atoms with Gasteiger partial charge in [0.25, 0.3) is 0 Å². The Morgan fingerprint density at radius 2 is 1.90 bits per heavy atom.